The van der Waals surface area contributed by atoms with Crippen molar-refractivity contribution >= 4 is 11.8 Å². The van der Waals surface area contributed by atoms with Crippen LogP contribution in [0.2, 0.25) is 0 Å². The van der Waals surface area contributed by atoms with E-state index in [0.717, 1.165) is 12.8 Å². The first-order valence-corrected chi connectivity index (χ1v) is 6.85. The van der Waals surface area contributed by atoms with Gasteiger partial charge in [0.25, 0.3) is 0 Å². The molecule has 3 aliphatic carbocycles. The van der Waals surface area contributed by atoms with Crippen molar-refractivity contribution in [3.05, 3.63) is 12.2 Å². The summed E-state index contributed by atoms with van der Waals surface area (Å²) < 4.78 is 0. The molecule has 0 aromatic rings. The van der Waals surface area contributed by atoms with E-state index in [1.54, 1.807) is 0 Å². The summed E-state index contributed by atoms with van der Waals surface area (Å²) in [5.41, 5.74) is -0.795. The molecule has 1 heterocycles. The highest BCUT2D eigenvalue weighted by atomic mass is 16.3. The van der Waals surface area contributed by atoms with Crippen LogP contribution in [-0.2, 0) is 9.59 Å². The molecule has 2 amide bonds. The van der Waals surface area contributed by atoms with Crippen molar-refractivity contribution in [1.82, 2.24) is 4.90 Å². The Hall–Kier alpha value is -1.16. The highest BCUT2D eigenvalue weighted by Gasteiger charge is 2.60. The lowest BCUT2D eigenvalue weighted by molar-refractivity contribution is -0.148. The molecule has 0 spiro atoms. The minimum absolute atomic E-state index is 0.0397. The Balaban J connectivity index is 1.60. The average molecular weight is 247 g/mol. The lowest BCUT2D eigenvalue weighted by Crippen LogP contribution is -2.50. The molecule has 2 saturated carbocycles. The fraction of sp³-hybridized carbons (Fsp3) is 0.714. The van der Waals surface area contributed by atoms with Crippen LogP contribution in [0.4, 0.5) is 0 Å². The third kappa shape index (κ3) is 1.19. The molecule has 4 unspecified atom stereocenters. The highest BCUT2D eigenvalue weighted by molar-refractivity contribution is 6.06. The van der Waals surface area contributed by atoms with E-state index in [4.69, 9.17) is 0 Å². The number of imide groups is 1. The molecule has 1 N–H and O–H groups in total. The zero-order valence-electron chi connectivity index (χ0n) is 10.2. The van der Waals surface area contributed by atoms with Gasteiger partial charge in [0.15, 0.2) is 0 Å². The Morgan fingerprint density at radius 2 is 1.72 bits per heavy atom. The van der Waals surface area contributed by atoms with Crippen molar-refractivity contribution in [2.24, 2.45) is 23.7 Å². The summed E-state index contributed by atoms with van der Waals surface area (Å²) in [7, 11) is 0. The van der Waals surface area contributed by atoms with E-state index in [0.29, 0.717) is 12.8 Å². The number of likely N-dealkylation sites (tertiary alicyclic amines) is 1. The van der Waals surface area contributed by atoms with Gasteiger partial charge in [0.05, 0.1) is 24.0 Å². The van der Waals surface area contributed by atoms with Crippen LogP contribution in [0.25, 0.3) is 0 Å². The van der Waals surface area contributed by atoms with E-state index < -0.39 is 5.60 Å². The van der Waals surface area contributed by atoms with Gasteiger partial charge in [-0.25, -0.2) is 0 Å². The van der Waals surface area contributed by atoms with Crippen LogP contribution in [0.15, 0.2) is 12.2 Å². The van der Waals surface area contributed by atoms with Crippen LogP contribution in [0.1, 0.15) is 25.7 Å². The summed E-state index contributed by atoms with van der Waals surface area (Å²) in [6.45, 7) is 0.219. The van der Waals surface area contributed by atoms with Crippen LogP contribution < -0.4 is 0 Å². The minimum atomic E-state index is -0.795. The number of hydrogen-bond acceptors (Lipinski definition) is 3. The quantitative estimate of drug-likeness (QED) is 0.577. The first kappa shape index (κ1) is 10.7. The largest absolute Gasteiger partial charge is 0.388 e. The maximum atomic E-state index is 12.4. The first-order valence-electron chi connectivity index (χ1n) is 6.85. The summed E-state index contributed by atoms with van der Waals surface area (Å²) in [6, 6.07) is 0. The van der Waals surface area contributed by atoms with Gasteiger partial charge in [-0.15, -0.1) is 0 Å². The smallest absolute Gasteiger partial charge is 0.233 e. The van der Waals surface area contributed by atoms with Crippen LogP contribution in [-0.4, -0.2) is 34.0 Å². The van der Waals surface area contributed by atoms with E-state index in [-0.39, 0.29) is 42.0 Å². The van der Waals surface area contributed by atoms with Crippen molar-refractivity contribution in [2.75, 3.05) is 6.54 Å². The van der Waals surface area contributed by atoms with Gasteiger partial charge < -0.3 is 5.11 Å². The highest BCUT2D eigenvalue weighted by Crippen LogP contribution is 2.53. The Kier molecular flexibility index (Phi) is 1.93. The first-order chi connectivity index (χ1) is 8.59. The topological polar surface area (TPSA) is 57.6 Å². The van der Waals surface area contributed by atoms with Gasteiger partial charge in [0, 0.05) is 0 Å². The molecule has 4 heteroatoms. The lowest BCUT2D eigenvalue weighted by Gasteiger charge is -2.39. The number of allylic oxidation sites excluding steroid dienone is 2. The molecule has 4 nitrogen and oxygen atoms in total. The predicted molar refractivity (Wildman–Crippen MR) is 63.2 cm³/mol. The lowest BCUT2D eigenvalue weighted by atomic mass is 9.80. The standard InChI is InChI=1S/C14H17NO3/c16-12-10-8-2-3-9(6-8)11(10)13(17)15(12)7-14(18)4-1-5-14/h2-3,8-11,18H,1,4-7H2. The number of nitrogens with zero attached hydrogens (tertiary/aromatic N) is 1. The maximum Gasteiger partial charge on any atom is 0.233 e. The number of carbonyl (C=O) groups excluding carboxylic acids is 2. The van der Waals surface area contributed by atoms with Gasteiger partial charge in [-0.1, -0.05) is 12.2 Å². The van der Waals surface area contributed by atoms with Crippen LogP contribution in [0.5, 0.6) is 0 Å². The predicted octanol–water partition coefficient (Wildman–Crippen LogP) is 0.708. The molecule has 1 aliphatic heterocycles. The Bertz CT molecular complexity index is 436. The molecule has 1 saturated heterocycles. The Labute approximate surface area is 106 Å². The summed E-state index contributed by atoms with van der Waals surface area (Å²) in [6.07, 6.45) is 7.57. The molecule has 2 bridgehead atoms. The Morgan fingerprint density at radius 3 is 2.17 bits per heavy atom. The average Bonchev–Trinajstić information content (AvgIpc) is 2.96. The van der Waals surface area contributed by atoms with Crippen molar-refractivity contribution in [3.63, 3.8) is 0 Å². The molecular formula is C14H17NO3. The van der Waals surface area contributed by atoms with Crippen LogP contribution in [0, 0.1) is 23.7 Å². The number of hydrogen-bond donors (Lipinski definition) is 1. The molecule has 18 heavy (non-hydrogen) atoms. The molecule has 0 aromatic heterocycles. The van der Waals surface area contributed by atoms with Gasteiger partial charge in [0.2, 0.25) is 11.8 Å². The zero-order valence-corrected chi connectivity index (χ0v) is 10.2. The molecule has 0 aromatic carbocycles. The third-order valence-electron chi connectivity index (χ3n) is 5.30. The fourth-order valence-corrected chi connectivity index (χ4v) is 4.16. The summed E-state index contributed by atoms with van der Waals surface area (Å²) in [5, 5.41) is 10.2. The molecule has 4 atom stereocenters. The third-order valence-corrected chi connectivity index (χ3v) is 5.30. The fourth-order valence-electron chi connectivity index (χ4n) is 4.16. The minimum Gasteiger partial charge on any atom is -0.388 e. The van der Waals surface area contributed by atoms with Crippen LogP contribution >= 0.6 is 0 Å². The maximum absolute atomic E-state index is 12.4. The van der Waals surface area contributed by atoms with Gasteiger partial charge >= 0.3 is 0 Å². The normalized spacial score (nSPS) is 43.5. The van der Waals surface area contributed by atoms with E-state index in [1.807, 2.05) is 0 Å². The van der Waals surface area contributed by atoms with Crippen LogP contribution in [0.3, 0.4) is 0 Å². The summed E-state index contributed by atoms with van der Waals surface area (Å²) in [5.74, 6) is 0.187. The zero-order chi connectivity index (χ0) is 12.5. The molecule has 96 valence electrons. The molecule has 0 radical (unpaired) electrons. The Morgan fingerprint density at radius 1 is 1.17 bits per heavy atom. The number of aliphatic hydroxyl groups is 1. The molecule has 4 aliphatic rings. The second-order valence-corrected chi connectivity index (χ2v) is 6.34. The molecular weight excluding hydrogens is 230 g/mol. The van der Waals surface area contributed by atoms with E-state index in [1.165, 1.54) is 4.90 Å². The van der Waals surface area contributed by atoms with Crippen molar-refractivity contribution in [1.29, 1.82) is 0 Å². The SMILES string of the molecule is O=C1C2C3C=CC(C3)C2C(=O)N1CC1(O)CCC1. The summed E-state index contributed by atoms with van der Waals surface area (Å²) in [4.78, 5) is 26.1. The number of fused-ring (bicyclic) bond motifs is 5. The van der Waals surface area contributed by atoms with Gasteiger partial charge in [-0.3, -0.25) is 14.5 Å². The monoisotopic (exact) mass is 247 g/mol. The number of β-amino-alcohol motifs (C(OH)–C–C–N with tert-alkyl or cyclic N) is 1. The summed E-state index contributed by atoms with van der Waals surface area (Å²) >= 11 is 0. The number of amides is 2. The number of rotatable bonds is 2. The second-order valence-electron chi connectivity index (χ2n) is 6.34. The van der Waals surface area contributed by atoms with Crippen molar-refractivity contribution in [3.8, 4) is 0 Å². The van der Waals surface area contributed by atoms with E-state index >= 15 is 0 Å². The number of carbonyl (C=O) groups is 2. The van der Waals surface area contributed by atoms with Gasteiger partial charge in [-0.05, 0) is 37.5 Å². The van der Waals surface area contributed by atoms with E-state index in [2.05, 4.69) is 12.2 Å². The molecule has 4 rings (SSSR count). The molecule has 3 fully saturated rings. The van der Waals surface area contributed by atoms with Crippen molar-refractivity contribution < 1.29 is 14.7 Å². The van der Waals surface area contributed by atoms with E-state index in [9.17, 15) is 14.7 Å². The van der Waals surface area contributed by atoms with Crippen molar-refractivity contribution in [2.45, 2.75) is 31.3 Å². The second kappa shape index (κ2) is 3.23. The van der Waals surface area contributed by atoms with Gasteiger partial charge in [-0.2, -0.15) is 0 Å². The van der Waals surface area contributed by atoms with Gasteiger partial charge in [0.1, 0.15) is 0 Å².